The van der Waals surface area contributed by atoms with Gasteiger partial charge >= 0.3 is 5.69 Å². The third-order valence-electron chi connectivity index (χ3n) is 3.07. The SMILES string of the molecule is NNc1sc(S(=O)(=O)NCC2CCC2)cc1[N+](=O)[O-]. The Morgan fingerprint density at radius 1 is 1.53 bits per heavy atom. The Kier molecular flexibility index (Phi) is 4.04. The smallest absolute Gasteiger partial charge is 0.306 e. The van der Waals surface area contributed by atoms with Crippen molar-refractivity contribution in [1.29, 1.82) is 0 Å². The molecule has 0 bridgehead atoms. The molecule has 1 aromatic rings. The lowest BCUT2D eigenvalue weighted by atomic mass is 9.86. The Bertz CT molecular complexity index is 579. The molecule has 1 fully saturated rings. The lowest BCUT2D eigenvalue weighted by molar-refractivity contribution is -0.383. The Morgan fingerprint density at radius 3 is 2.63 bits per heavy atom. The second-order valence-corrected chi connectivity index (χ2v) is 7.38. The van der Waals surface area contributed by atoms with Crippen molar-refractivity contribution in [3.8, 4) is 0 Å². The third-order valence-corrected chi connectivity index (χ3v) is 6.02. The van der Waals surface area contributed by atoms with E-state index in [2.05, 4.69) is 10.1 Å². The molecule has 0 amide bonds. The molecule has 4 N–H and O–H groups in total. The molecule has 8 nitrogen and oxygen atoms in total. The van der Waals surface area contributed by atoms with E-state index in [1.165, 1.54) is 0 Å². The number of sulfonamides is 1. The second-order valence-electron chi connectivity index (χ2n) is 4.33. The molecule has 10 heteroatoms. The van der Waals surface area contributed by atoms with Gasteiger partial charge in [-0.25, -0.2) is 19.0 Å². The van der Waals surface area contributed by atoms with Gasteiger partial charge in [-0.15, -0.1) is 0 Å². The van der Waals surface area contributed by atoms with Crippen LogP contribution in [0.4, 0.5) is 10.7 Å². The molecule has 0 aromatic carbocycles. The van der Waals surface area contributed by atoms with Gasteiger partial charge < -0.3 is 5.43 Å². The summed E-state index contributed by atoms with van der Waals surface area (Å²) in [6, 6.07) is 1.02. The number of hydrogen-bond acceptors (Lipinski definition) is 7. The minimum atomic E-state index is -3.71. The van der Waals surface area contributed by atoms with Crippen LogP contribution in [0.1, 0.15) is 19.3 Å². The Hall–Kier alpha value is -1.23. The molecule has 0 radical (unpaired) electrons. The number of hydrogen-bond donors (Lipinski definition) is 3. The van der Waals surface area contributed by atoms with Crippen molar-refractivity contribution >= 4 is 32.0 Å². The zero-order valence-electron chi connectivity index (χ0n) is 9.96. The van der Waals surface area contributed by atoms with Gasteiger partial charge in [0.15, 0.2) is 5.00 Å². The highest BCUT2D eigenvalue weighted by Gasteiger charge is 2.27. The van der Waals surface area contributed by atoms with Crippen molar-refractivity contribution in [3.05, 3.63) is 16.2 Å². The van der Waals surface area contributed by atoms with Crippen molar-refractivity contribution in [2.24, 2.45) is 11.8 Å². The molecule has 0 atom stereocenters. The van der Waals surface area contributed by atoms with E-state index in [1.807, 2.05) is 0 Å². The summed E-state index contributed by atoms with van der Waals surface area (Å²) in [5.41, 5.74) is 1.80. The van der Waals surface area contributed by atoms with Gasteiger partial charge in [0.1, 0.15) is 4.21 Å². The maximum Gasteiger partial charge on any atom is 0.306 e. The fourth-order valence-electron chi connectivity index (χ4n) is 1.73. The quantitative estimate of drug-likeness (QED) is 0.409. The number of nitrogens with zero attached hydrogens (tertiary/aromatic N) is 1. The van der Waals surface area contributed by atoms with Gasteiger partial charge in [0, 0.05) is 12.6 Å². The Balaban J connectivity index is 2.17. The number of nitro groups is 1. The van der Waals surface area contributed by atoms with E-state index >= 15 is 0 Å². The highest BCUT2D eigenvalue weighted by atomic mass is 32.2. The summed E-state index contributed by atoms with van der Waals surface area (Å²) in [6.45, 7) is 0.374. The number of nitrogens with one attached hydrogen (secondary N) is 2. The molecule has 0 spiro atoms. The molecule has 0 unspecified atom stereocenters. The maximum absolute atomic E-state index is 12.0. The summed E-state index contributed by atoms with van der Waals surface area (Å²) >= 11 is 0.744. The first-order chi connectivity index (χ1) is 8.94. The molecule has 0 aliphatic heterocycles. The Labute approximate surface area is 114 Å². The topological polar surface area (TPSA) is 127 Å². The fourth-order valence-corrected chi connectivity index (χ4v) is 4.13. The summed E-state index contributed by atoms with van der Waals surface area (Å²) in [6.07, 6.45) is 3.16. The van der Waals surface area contributed by atoms with Crippen LogP contribution in [-0.4, -0.2) is 19.9 Å². The van der Waals surface area contributed by atoms with Crippen LogP contribution in [0.3, 0.4) is 0 Å². The number of nitrogen functional groups attached to an aromatic ring is 1. The highest BCUT2D eigenvalue weighted by Crippen LogP contribution is 2.36. The molecule has 2 rings (SSSR count). The summed E-state index contributed by atoms with van der Waals surface area (Å²) in [4.78, 5) is 10.1. The second kappa shape index (κ2) is 5.41. The van der Waals surface area contributed by atoms with E-state index in [0.717, 1.165) is 36.7 Å². The van der Waals surface area contributed by atoms with E-state index in [9.17, 15) is 18.5 Å². The lowest BCUT2D eigenvalue weighted by Gasteiger charge is -2.25. The molecule has 19 heavy (non-hydrogen) atoms. The van der Waals surface area contributed by atoms with E-state index in [1.54, 1.807) is 0 Å². The number of thiophene rings is 1. The zero-order valence-corrected chi connectivity index (χ0v) is 11.6. The average molecular weight is 306 g/mol. The summed E-state index contributed by atoms with van der Waals surface area (Å²) in [5, 5.41) is 10.8. The predicted molar refractivity (Wildman–Crippen MR) is 71.3 cm³/mol. The summed E-state index contributed by atoms with van der Waals surface area (Å²) in [5.74, 6) is 5.51. The average Bonchev–Trinajstić information content (AvgIpc) is 2.71. The largest absolute Gasteiger partial charge is 0.310 e. The van der Waals surface area contributed by atoms with Gasteiger partial charge in [-0.3, -0.25) is 10.1 Å². The highest BCUT2D eigenvalue weighted by molar-refractivity contribution is 7.91. The lowest BCUT2D eigenvalue weighted by Crippen LogP contribution is -2.31. The first-order valence-corrected chi connectivity index (χ1v) is 7.98. The van der Waals surface area contributed by atoms with Crippen LogP contribution in [0.2, 0.25) is 0 Å². The van der Waals surface area contributed by atoms with Crippen molar-refractivity contribution in [3.63, 3.8) is 0 Å². The Morgan fingerprint density at radius 2 is 2.21 bits per heavy atom. The van der Waals surface area contributed by atoms with Crippen LogP contribution in [0.25, 0.3) is 0 Å². The number of nitrogens with two attached hydrogens (primary N) is 1. The number of anilines is 1. The molecule has 106 valence electrons. The summed E-state index contributed by atoms with van der Waals surface area (Å²) < 4.78 is 26.3. The van der Waals surface area contributed by atoms with Crippen LogP contribution in [0, 0.1) is 16.0 Å². The van der Waals surface area contributed by atoms with Gasteiger partial charge in [-0.05, 0) is 18.8 Å². The first-order valence-electron chi connectivity index (χ1n) is 5.68. The summed E-state index contributed by atoms with van der Waals surface area (Å²) in [7, 11) is -3.71. The van der Waals surface area contributed by atoms with Crippen molar-refractivity contribution in [1.82, 2.24) is 4.72 Å². The van der Waals surface area contributed by atoms with E-state index in [4.69, 9.17) is 5.84 Å². The zero-order chi connectivity index (χ0) is 14.0. The molecule has 1 aliphatic rings. The molecule has 0 saturated heterocycles. The van der Waals surface area contributed by atoms with Gasteiger partial charge in [0.25, 0.3) is 0 Å². The number of hydrazine groups is 1. The predicted octanol–water partition coefficient (Wildman–Crippen LogP) is 1.02. The normalized spacial score (nSPS) is 16.1. The molecule has 1 aromatic heterocycles. The fraction of sp³-hybridized carbons (Fsp3) is 0.556. The molecule has 1 heterocycles. The van der Waals surface area contributed by atoms with Crippen LogP contribution in [0.15, 0.2) is 10.3 Å². The standard InChI is InChI=1S/C9H14N4O4S2/c10-12-9-7(13(14)15)4-8(18-9)19(16,17)11-5-6-2-1-3-6/h4,6,11-12H,1-3,5,10H2. The third kappa shape index (κ3) is 3.03. The van der Waals surface area contributed by atoms with Crippen molar-refractivity contribution < 1.29 is 13.3 Å². The molecular formula is C9H14N4O4S2. The van der Waals surface area contributed by atoms with Crippen LogP contribution in [-0.2, 0) is 10.0 Å². The van der Waals surface area contributed by atoms with E-state index < -0.39 is 14.9 Å². The van der Waals surface area contributed by atoms with Crippen molar-refractivity contribution in [2.45, 2.75) is 23.5 Å². The van der Waals surface area contributed by atoms with Crippen LogP contribution in [0.5, 0.6) is 0 Å². The maximum atomic E-state index is 12.0. The van der Waals surface area contributed by atoms with Gasteiger partial charge in [0.2, 0.25) is 10.0 Å². The molecule has 1 aliphatic carbocycles. The van der Waals surface area contributed by atoms with Gasteiger partial charge in [-0.1, -0.05) is 17.8 Å². The molecule has 1 saturated carbocycles. The van der Waals surface area contributed by atoms with E-state index in [0.29, 0.717) is 12.5 Å². The van der Waals surface area contributed by atoms with Crippen LogP contribution < -0.4 is 16.0 Å². The minimum Gasteiger partial charge on any atom is -0.310 e. The van der Waals surface area contributed by atoms with Gasteiger partial charge in [-0.2, -0.15) is 0 Å². The number of rotatable bonds is 6. The monoisotopic (exact) mass is 306 g/mol. The van der Waals surface area contributed by atoms with Gasteiger partial charge in [0.05, 0.1) is 4.92 Å². The van der Waals surface area contributed by atoms with E-state index in [-0.39, 0.29) is 14.9 Å². The van der Waals surface area contributed by atoms with Crippen molar-refractivity contribution in [2.75, 3.05) is 12.0 Å². The molecular weight excluding hydrogens is 292 g/mol. The first kappa shape index (κ1) is 14.2. The minimum absolute atomic E-state index is 0.0222. The van der Waals surface area contributed by atoms with Crippen LogP contribution >= 0.6 is 11.3 Å².